The number of nitrogens with zero attached hydrogens (tertiary/aromatic N) is 3. The molecule has 0 spiro atoms. The van der Waals surface area contributed by atoms with E-state index in [4.69, 9.17) is 11.6 Å². The zero-order valence-corrected chi connectivity index (χ0v) is 15.2. The maximum absolute atomic E-state index is 5.92. The number of imidazole rings is 1. The minimum atomic E-state index is 0.592. The van der Waals surface area contributed by atoms with Crippen molar-refractivity contribution in [2.75, 3.05) is 6.54 Å². The van der Waals surface area contributed by atoms with Crippen LogP contribution in [-0.4, -0.2) is 22.1 Å². The zero-order chi connectivity index (χ0) is 17.6. The smallest absolute Gasteiger partial charge is 0.191 e. The van der Waals surface area contributed by atoms with Crippen molar-refractivity contribution in [1.29, 1.82) is 0 Å². The highest BCUT2D eigenvalue weighted by Crippen LogP contribution is 2.14. The summed E-state index contributed by atoms with van der Waals surface area (Å²) in [7, 11) is 2.03. The Kier molecular flexibility index (Phi) is 5.56. The number of halogens is 1. The number of aromatic nitrogens is 2. The lowest BCUT2D eigenvalue weighted by atomic mass is 10.2. The largest absolute Gasteiger partial charge is 0.357 e. The molecule has 0 aliphatic carbocycles. The molecule has 2 N–H and O–H groups in total. The average Bonchev–Trinajstić information content (AvgIpc) is 2.95. The number of rotatable bonds is 5. The number of aliphatic imine (C=N–C) groups is 1. The lowest BCUT2D eigenvalue weighted by Gasteiger charge is -2.11. The first-order valence-electron chi connectivity index (χ1n) is 8.34. The van der Waals surface area contributed by atoms with E-state index in [9.17, 15) is 0 Å². The van der Waals surface area contributed by atoms with E-state index in [1.54, 1.807) is 0 Å². The van der Waals surface area contributed by atoms with Gasteiger partial charge in [0.15, 0.2) is 5.96 Å². The summed E-state index contributed by atoms with van der Waals surface area (Å²) in [5.74, 6) is 1.74. The zero-order valence-electron chi connectivity index (χ0n) is 14.5. The maximum Gasteiger partial charge on any atom is 0.191 e. The lowest BCUT2D eigenvalue weighted by Crippen LogP contribution is -2.37. The van der Waals surface area contributed by atoms with Crippen molar-refractivity contribution in [3.63, 3.8) is 0 Å². The monoisotopic (exact) mass is 355 g/mol. The Bertz CT molecular complexity index is 867. The van der Waals surface area contributed by atoms with Gasteiger partial charge in [-0.2, -0.15) is 0 Å². The first-order valence-corrected chi connectivity index (χ1v) is 8.72. The van der Waals surface area contributed by atoms with Gasteiger partial charge in [0.1, 0.15) is 5.82 Å². The Hall–Kier alpha value is -2.53. The van der Waals surface area contributed by atoms with E-state index in [0.717, 1.165) is 39.9 Å². The minimum absolute atomic E-state index is 0.592. The van der Waals surface area contributed by atoms with Crippen molar-refractivity contribution < 1.29 is 0 Å². The summed E-state index contributed by atoms with van der Waals surface area (Å²) in [5.41, 5.74) is 3.25. The molecular weight excluding hydrogens is 334 g/mol. The van der Waals surface area contributed by atoms with Crippen LogP contribution in [-0.2, 0) is 20.1 Å². The molecule has 0 bridgehead atoms. The summed E-state index contributed by atoms with van der Waals surface area (Å²) in [5, 5.41) is 7.35. The Balaban J connectivity index is 1.69. The third kappa shape index (κ3) is 4.31. The number of aryl methyl sites for hydroxylation is 1. The van der Waals surface area contributed by atoms with Gasteiger partial charge in [0.05, 0.1) is 24.1 Å². The first kappa shape index (κ1) is 17.3. The number of hydrogen-bond acceptors (Lipinski definition) is 2. The van der Waals surface area contributed by atoms with E-state index in [-0.39, 0.29) is 0 Å². The molecule has 6 heteroatoms. The van der Waals surface area contributed by atoms with E-state index >= 15 is 0 Å². The second-order valence-electron chi connectivity index (χ2n) is 5.75. The van der Waals surface area contributed by atoms with E-state index in [0.29, 0.717) is 13.1 Å². The number of hydrogen-bond donors (Lipinski definition) is 2. The molecule has 0 saturated heterocycles. The summed E-state index contributed by atoms with van der Waals surface area (Å²) in [4.78, 5) is 9.30. The van der Waals surface area contributed by atoms with Crippen LogP contribution in [0.4, 0.5) is 0 Å². The molecule has 0 fully saturated rings. The van der Waals surface area contributed by atoms with Crippen LogP contribution in [0.15, 0.2) is 53.5 Å². The van der Waals surface area contributed by atoms with Crippen LogP contribution in [0.2, 0.25) is 5.02 Å². The fourth-order valence-electron chi connectivity index (χ4n) is 2.62. The third-order valence-electron chi connectivity index (χ3n) is 3.97. The molecule has 3 rings (SSSR count). The van der Waals surface area contributed by atoms with E-state index in [2.05, 4.69) is 38.2 Å². The van der Waals surface area contributed by atoms with Crippen LogP contribution in [0.3, 0.4) is 0 Å². The number of para-hydroxylation sites is 2. The molecule has 5 nitrogen and oxygen atoms in total. The van der Waals surface area contributed by atoms with E-state index in [1.165, 1.54) is 0 Å². The van der Waals surface area contributed by atoms with Crippen LogP contribution in [0.5, 0.6) is 0 Å². The van der Waals surface area contributed by atoms with Crippen LogP contribution in [0, 0.1) is 0 Å². The molecule has 3 aromatic rings. The van der Waals surface area contributed by atoms with Crippen LogP contribution in [0.1, 0.15) is 18.3 Å². The van der Waals surface area contributed by atoms with Gasteiger partial charge < -0.3 is 15.2 Å². The molecule has 1 aromatic heterocycles. The average molecular weight is 356 g/mol. The fraction of sp³-hybridized carbons (Fsp3) is 0.263. The van der Waals surface area contributed by atoms with Crippen molar-refractivity contribution in [3.05, 3.63) is 64.9 Å². The molecule has 130 valence electrons. The Morgan fingerprint density at radius 2 is 1.88 bits per heavy atom. The molecule has 2 aromatic carbocycles. The van der Waals surface area contributed by atoms with Crippen molar-refractivity contribution in [3.8, 4) is 0 Å². The first-order chi connectivity index (χ1) is 12.2. The normalized spacial score (nSPS) is 11.7. The molecule has 0 atom stereocenters. The quantitative estimate of drug-likeness (QED) is 0.544. The number of guanidine groups is 1. The Morgan fingerprint density at radius 3 is 2.60 bits per heavy atom. The van der Waals surface area contributed by atoms with Gasteiger partial charge in [-0.25, -0.2) is 9.98 Å². The van der Waals surface area contributed by atoms with Gasteiger partial charge in [-0.3, -0.25) is 0 Å². The predicted molar refractivity (Wildman–Crippen MR) is 104 cm³/mol. The lowest BCUT2D eigenvalue weighted by molar-refractivity contribution is 0.738. The van der Waals surface area contributed by atoms with Gasteiger partial charge in [-0.05, 0) is 36.8 Å². The van der Waals surface area contributed by atoms with Gasteiger partial charge in [-0.1, -0.05) is 35.9 Å². The van der Waals surface area contributed by atoms with Gasteiger partial charge >= 0.3 is 0 Å². The molecule has 0 unspecified atom stereocenters. The van der Waals surface area contributed by atoms with Crippen molar-refractivity contribution in [2.24, 2.45) is 12.0 Å². The number of fused-ring (bicyclic) bond motifs is 1. The molecule has 0 aliphatic rings. The molecule has 0 radical (unpaired) electrons. The second-order valence-corrected chi connectivity index (χ2v) is 6.19. The summed E-state index contributed by atoms with van der Waals surface area (Å²) >= 11 is 5.92. The van der Waals surface area contributed by atoms with E-state index < -0.39 is 0 Å². The SMILES string of the molecule is CCNC(=NCc1ccc(Cl)cc1)NCc1nc2ccccc2n1C. The van der Waals surface area contributed by atoms with Gasteiger partial charge in [-0.15, -0.1) is 0 Å². The summed E-state index contributed by atoms with van der Waals surface area (Å²) in [6.07, 6.45) is 0. The maximum atomic E-state index is 5.92. The van der Waals surface area contributed by atoms with Gasteiger partial charge in [0.25, 0.3) is 0 Å². The summed E-state index contributed by atoms with van der Waals surface area (Å²) < 4.78 is 2.10. The molecule has 0 aliphatic heterocycles. The second kappa shape index (κ2) is 8.03. The summed E-state index contributed by atoms with van der Waals surface area (Å²) in [6.45, 7) is 4.05. The van der Waals surface area contributed by atoms with E-state index in [1.807, 2.05) is 49.5 Å². The molecule has 25 heavy (non-hydrogen) atoms. The predicted octanol–water partition coefficient (Wildman–Crippen LogP) is 3.48. The molecule has 0 amide bonds. The van der Waals surface area contributed by atoms with Gasteiger partial charge in [0, 0.05) is 18.6 Å². The van der Waals surface area contributed by atoms with Crippen LogP contribution in [0.25, 0.3) is 11.0 Å². The Morgan fingerprint density at radius 1 is 1.12 bits per heavy atom. The molecule has 1 heterocycles. The number of benzene rings is 2. The topological polar surface area (TPSA) is 54.2 Å². The Labute approximate surface area is 152 Å². The van der Waals surface area contributed by atoms with Crippen LogP contribution < -0.4 is 10.6 Å². The highest BCUT2D eigenvalue weighted by Gasteiger charge is 2.07. The van der Waals surface area contributed by atoms with Gasteiger partial charge in [0.2, 0.25) is 0 Å². The van der Waals surface area contributed by atoms with Crippen molar-refractivity contribution in [1.82, 2.24) is 20.2 Å². The van der Waals surface area contributed by atoms with Crippen molar-refractivity contribution >= 4 is 28.6 Å². The molecule has 0 saturated carbocycles. The highest BCUT2D eigenvalue weighted by molar-refractivity contribution is 6.30. The fourth-order valence-corrected chi connectivity index (χ4v) is 2.74. The van der Waals surface area contributed by atoms with Crippen molar-refractivity contribution in [2.45, 2.75) is 20.0 Å². The third-order valence-corrected chi connectivity index (χ3v) is 4.22. The van der Waals surface area contributed by atoms with Crippen LogP contribution >= 0.6 is 11.6 Å². The number of nitrogens with one attached hydrogen (secondary N) is 2. The molecular formula is C19H22ClN5. The minimum Gasteiger partial charge on any atom is -0.357 e. The summed E-state index contributed by atoms with van der Waals surface area (Å²) in [6, 6.07) is 15.9. The standard InChI is InChI=1S/C19H22ClN5/c1-3-21-19(22-12-14-8-10-15(20)11-9-14)23-13-18-24-16-6-4-5-7-17(16)25(18)2/h4-11H,3,12-13H2,1-2H3,(H2,21,22,23). The highest BCUT2D eigenvalue weighted by atomic mass is 35.5.